The Morgan fingerprint density at radius 2 is 1.92 bits per heavy atom. The second-order valence-corrected chi connectivity index (χ2v) is 14.4. The summed E-state index contributed by atoms with van der Waals surface area (Å²) in [6.07, 6.45) is 11.1. The summed E-state index contributed by atoms with van der Waals surface area (Å²) in [7, 11) is 0. The average Bonchev–Trinajstić information content (AvgIpc) is 3.13. The molecule has 26 heavy (non-hydrogen) atoms. The third-order valence-electron chi connectivity index (χ3n) is 5.34. The quantitative estimate of drug-likeness (QED) is 0.352. The standard InChI is InChI=1S/C19H26FIN4S/c20-17-8-7-15(14-22-17)18-23-19(26-24-18)21-10-3-2-6-16(9-11-21)25-12-4-1-5-13-25/h7-8,14,16H,1-6,9-13H2. The van der Waals surface area contributed by atoms with Crippen LogP contribution in [-0.4, -0.2) is 47.2 Å². The molecule has 1 atom stereocenters. The number of nitrogens with zero attached hydrogens (tertiary/aromatic N) is 4. The van der Waals surface area contributed by atoms with Gasteiger partial charge in [-0.25, -0.2) is 0 Å². The summed E-state index contributed by atoms with van der Waals surface area (Å²) in [5.41, 5.74) is 0.822. The Bertz CT molecular complexity index is 702. The van der Waals surface area contributed by atoms with Gasteiger partial charge in [0.25, 0.3) is 0 Å². The van der Waals surface area contributed by atoms with Crippen molar-refractivity contribution in [1.82, 2.24) is 19.2 Å². The average molecular weight is 488 g/mol. The van der Waals surface area contributed by atoms with Crippen LogP contribution in [0.25, 0.3) is 11.4 Å². The van der Waals surface area contributed by atoms with E-state index in [1.165, 1.54) is 82.2 Å². The third-order valence-corrected chi connectivity index (χ3v) is 13.4. The predicted molar refractivity (Wildman–Crippen MR) is 113 cm³/mol. The molecule has 2 aliphatic heterocycles. The normalized spacial score (nSPS) is 24.2. The van der Waals surface area contributed by atoms with E-state index in [-0.39, 0.29) is 0 Å². The van der Waals surface area contributed by atoms with E-state index in [1.54, 1.807) is 17.6 Å². The molecule has 0 saturated carbocycles. The van der Waals surface area contributed by atoms with Crippen LogP contribution in [0.4, 0.5) is 4.39 Å². The van der Waals surface area contributed by atoms with E-state index in [9.17, 15) is 4.39 Å². The van der Waals surface area contributed by atoms with Crippen LogP contribution in [0.15, 0.2) is 18.3 Å². The van der Waals surface area contributed by atoms with Gasteiger partial charge in [0.2, 0.25) is 0 Å². The van der Waals surface area contributed by atoms with E-state index >= 15 is 0 Å². The van der Waals surface area contributed by atoms with Crippen molar-refractivity contribution in [3.63, 3.8) is 0 Å². The number of likely N-dealkylation sites (tertiary alicyclic amines) is 1. The van der Waals surface area contributed by atoms with Crippen LogP contribution in [-0.2, 0) is 0 Å². The molecule has 4 rings (SSSR count). The summed E-state index contributed by atoms with van der Waals surface area (Å²) in [6, 6.07) is 3.90. The number of hydrogen-bond donors (Lipinski definition) is 0. The maximum atomic E-state index is 13.0. The molecule has 4 nitrogen and oxygen atoms in total. The number of alkyl halides is 2. The number of halogens is 2. The SMILES string of the molecule is Fc1ccc(-c2nsc(I3CCCCC(N4CCCCC4)CC3)n2)cn1. The van der Waals surface area contributed by atoms with Crippen molar-refractivity contribution in [3.8, 4) is 11.4 Å². The zero-order chi connectivity index (χ0) is 17.8. The third kappa shape index (κ3) is 4.59. The van der Waals surface area contributed by atoms with Crippen LogP contribution in [0.3, 0.4) is 0 Å². The molecule has 2 aromatic rings. The van der Waals surface area contributed by atoms with E-state index in [1.807, 2.05) is 0 Å². The second kappa shape index (κ2) is 9.01. The first kappa shape index (κ1) is 18.7. The van der Waals surface area contributed by atoms with Crippen molar-refractivity contribution in [2.45, 2.75) is 51.0 Å². The molecule has 142 valence electrons. The van der Waals surface area contributed by atoms with Crippen LogP contribution < -0.4 is 0 Å². The van der Waals surface area contributed by atoms with E-state index in [0.717, 1.165) is 17.4 Å². The van der Waals surface area contributed by atoms with Gasteiger partial charge in [0.15, 0.2) is 0 Å². The molecule has 1 unspecified atom stereocenters. The van der Waals surface area contributed by atoms with Gasteiger partial charge < -0.3 is 0 Å². The summed E-state index contributed by atoms with van der Waals surface area (Å²) in [4.78, 5) is 11.3. The van der Waals surface area contributed by atoms with Gasteiger partial charge in [-0.3, -0.25) is 0 Å². The van der Waals surface area contributed by atoms with Gasteiger partial charge in [-0.1, -0.05) is 0 Å². The Balaban J connectivity index is 1.43. The van der Waals surface area contributed by atoms with Crippen molar-refractivity contribution in [2.24, 2.45) is 0 Å². The first-order chi connectivity index (χ1) is 12.8. The molecule has 0 radical (unpaired) electrons. The Morgan fingerprint density at radius 3 is 2.73 bits per heavy atom. The number of aromatic nitrogens is 3. The van der Waals surface area contributed by atoms with Gasteiger partial charge >= 0.3 is 167 Å². The van der Waals surface area contributed by atoms with Crippen LogP contribution in [0, 0.1) is 8.96 Å². The van der Waals surface area contributed by atoms with E-state index in [4.69, 9.17) is 4.98 Å². The van der Waals surface area contributed by atoms with Gasteiger partial charge in [-0.05, 0) is 0 Å². The Morgan fingerprint density at radius 1 is 1.04 bits per heavy atom. The Labute approximate surface area is 166 Å². The first-order valence-electron chi connectivity index (χ1n) is 9.61. The molecule has 2 aliphatic rings. The molecule has 0 bridgehead atoms. The summed E-state index contributed by atoms with van der Waals surface area (Å²) >= 11 is 0.342. The van der Waals surface area contributed by atoms with Crippen LogP contribution >= 0.6 is 31.4 Å². The maximum absolute atomic E-state index is 13.0. The molecule has 0 spiro atoms. The van der Waals surface area contributed by atoms with Crippen LogP contribution in [0.1, 0.15) is 44.9 Å². The fourth-order valence-corrected chi connectivity index (χ4v) is 11.5. The molecule has 2 saturated heterocycles. The molecule has 2 fully saturated rings. The Kier molecular flexibility index (Phi) is 6.48. The molecular weight excluding hydrogens is 462 g/mol. The monoisotopic (exact) mass is 488 g/mol. The van der Waals surface area contributed by atoms with Gasteiger partial charge in [0.05, 0.1) is 0 Å². The number of pyridine rings is 1. The van der Waals surface area contributed by atoms with Crippen molar-refractivity contribution in [2.75, 3.05) is 21.9 Å². The van der Waals surface area contributed by atoms with E-state index in [2.05, 4.69) is 14.3 Å². The summed E-state index contributed by atoms with van der Waals surface area (Å²) in [6.45, 7) is 2.61. The minimum atomic E-state index is -1.24. The predicted octanol–water partition coefficient (Wildman–Crippen LogP) is 4.84. The van der Waals surface area contributed by atoms with Gasteiger partial charge in [0, 0.05) is 0 Å². The van der Waals surface area contributed by atoms with Crippen LogP contribution in [0.5, 0.6) is 0 Å². The van der Waals surface area contributed by atoms with Crippen molar-refractivity contribution >= 4 is 31.4 Å². The van der Waals surface area contributed by atoms with Crippen LogP contribution in [0.2, 0.25) is 0 Å². The van der Waals surface area contributed by atoms with E-state index < -0.39 is 25.8 Å². The molecule has 2 aromatic heterocycles. The molecule has 0 N–H and O–H groups in total. The number of piperidine rings is 1. The van der Waals surface area contributed by atoms with Gasteiger partial charge in [0.1, 0.15) is 0 Å². The molecule has 7 heteroatoms. The molecular formula is C19H26FIN4S. The number of rotatable bonds is 3. The van der Waals surface area contributed by atoms with E-state index in [0.29, 0.717) is 0 Å². The summed E-state index contributed by atoms with van der Waals surface area (Å²) < 4.78 is 21.6. The molecule has 4 heterocycles. The summed E-state index contributed by atoms with van der Waals surface area (Å²) in [5.74, 6) is 0.271. The first-order valence-corrected chi connectivity index (χ1v) is 14.5. The molecule has 0 amide bonds. The molecule has 0 aromatic carbocycles. The topological polar surface area (TPSA) is 41.9 Å². The van der Waals surface area contributed by atoms with Gasteiger partial charge in [-0.15, -0.1) is 0 Å². The Hall–Kier alpha value is -0.670. The minimum absolute atomic E-state index is 0.455. The second-order valence-electron chi connectivity index (χ2n) is 7.11. The summed E-state index contributed by atoms with van der Waals surface area (Å²) in [5, 5.41) is 0. The van der Waals surface area contributed by atoms with Gasteiger partial charge in [-0.2, -0.15) is 0 Å². The zero-order valence-corrected chi connectivity index (χ0v) is 18.0. The number of hydrogen-bond acceptors (Lipinski definition) is 5. The fourth-order valence-electron chi connectivity index (χ4n) is 3.88. The van der Waals surface area contributed by atoms with Crippen molar-refractivity contribution in [1.29, 1.82) is 0 Å². The van der Waals surface area contributed by atoms with Crippen molar-refractivity contribution < 1.29 is 4.39 Å². The van der Waals surface area contributed by atoms with Crippen molar-refractivity contribution in [3.05, 3.63) is 27.3 Å². The fraction of sp³-hybridized carbons (Fsp3) is 0.632. The molecule has 0 aliphatic carbocycles. The zero-order valence-electron chi connectivity index (χ0n) is 15.0.